The molecular formula is C17H18N4O3. The van der Waals surface area contributed by atoms with Crippen LogP contribution in [-0.4, -0.2) is 29.4 Å². The van der Waals surface area contributed by atoms with Crippen molar-refractivity contribution in [3.63, 3.8) is 0 Å². The molecule has 3 aromatic rings. The zero-order valence-corrected chi connectivity index (χ0v) is 13.4. The lowest BCUT2D eigenvalue weighted by Gasteiger charge is -2.07. The van der Waals surface area contributed by atoms with Gasteiger partial charge in [0.1, 0.15) is 12.4 Å². The standard InChI is InChI=1S/C17H18N4O3/c1-22-14-8-3-11(9-15(14)23-2)17-19-16(20-21-17)10-24-13-6-4-12(18)5-7-13/h3-9H,10,18H2,1-2H3,(H,19,20,21). The Morgan fingerprint density at radius 3 is 2.46 bits per heavy atom. The normalized spacial score (nSPS) is 10.4. The number of H-pyrrole nitrogens is 1. The summed E-state index contributed by atoms with van der Waals surface area (Å²) in [5.41, 5.74) is 7.16. The summed E-state index contributed by atoms with van der Waals surface area (Å²) in [6.07, 6.45) is 0. The van der Waals surface area contributed by atoms with Crippen LogP contribution in [0, 0.1) is 0 Å². The van der Waals surface area contributed by atoms with Gasteiger partial charge < -0.3 is 19.9 Å². The van der Waals surface area contributed by atoms with Crippen molar-refractivity contribution in [3.8, 4) is 28.6 Å². The average molecular weight is 326 g/mol. The second-order valence-electron chi connectivity index (χ2n) is 5.03. The molecule has 7 heteroatoms. The molecule has 0 aliphatic rings. The second-order valence-corrected chi connectivity index (χ2v) is 5.03. The minimum atomic E-state index is 0.282. The molecule has 0 amide bonds. The molecule has 1 aromatic heterocycles. The number of hydrogen-bond acceptors (Lipinski definition) is 6. The molecule has 0 aliphatic heterocycles. The van der Waals surface area contributed by atoms with E-state index in [4.69, 9.17) is 19.9 Å². The van der Waals surface area contributed by atoms with Gasteiger partial charge in [-0.15, -0.1) is 0 Å². The molecule has 124 valence electrons. The third-order valence-electron chi connectivity index (χ3n) is 3.43. The average Bonchev–Trinajstić information content (AvgIpc) is 3.09. The zero-order chi connectivity index (χ0) is 16.9. The molecule has 0 saturated heterocycles. The molecule has 0 fully saturated rings. The number of ether oxygens (including phenoxy) is 3. The van der Waals surface area contributed by atoms with Gasteiger partial charge in [0.15, 0.2) is 23.1 Å². The highest BCUT2D eigenvalue weighted by atomic mass is 16.5. The molecule has 1 heterocycles. The van der Waals surface area contributed by atoms with E-state index < -0.39 is 0 Å². The Kier molecular flexibility index (Phi) is 4.51. The van der Waals surface area contributed by atoms with Crippen molar-refractivity contribution in [2.75, 3.05) is 20.0 Å². The molecule has 24 heavy (non-hydrogen) atoms. The lowest BCUT2D eigenvalue weighted by Crippen LogP contribution is -1.97. The maximum absolute atomic E-state index is 5.64. The molecule has 0 saturated carbocycles. The van der Waals surface area contributed by atoms with Crippen molar-refractivity contribution in [1.82, 2.24) is 15.2 Å². The van der Waals surface area contributed by atoms with Gasteiger partial charge in [0, 0.05) is 11.3 Å². The molecule has 0 unspecified atom stereocenters. The van der Waals surface area contributed by atoms with E-state index in [9.17, 15) is 0 Å². The van der Waals surface area contributed by atoms with Gasteiger partial charge in [0.2, 0.25) is 0 Å². The fraction of sp³-hybridized carbons (Fsp3) is 0.176. The van der Waals surface area contributed by atoms with E-state index in [1.54, 1.807) is 38.5 Å². The van der Waals surface area contributed by atoms with Crippen LogP contribution in [0.5, 0.6) is 17.2 Å². The Labute approximate surface area is 139 Å². The number of hydrogen-bond donors (Lipinski definition) is 2. The summed E-state index contributed by atoms with van der Waals surface area (Å²) < 4.78 is 16.2. The van der Waals surface area contributed by atoms with Crippen LogP contribution in [0.25, 0.3) is 11.4 Å². The Hall–Kier alpha value is -3.22. The number of nitrogens with two attached hydrogens (primary N) is 1. The number of nitrogen functional groups attached to an aromatic ring is 1. The van der Waals surface area contributed by atoms with Crippen molar-refractivity contribution in [3.05, 3.63) is 48.3 Å². The fourth-order valence-corrected chi connectivity index (χ4v) is 2.18. The molecule has 3 rings (SSSR count). The zero-order valence-electron chi connectivity index (χ0n) is 13.4. The number of anilines is 1. The number of nitrogens with zero attached hydrogens (tertiary/aromatic N) is 2. The van der Waals surface area contributed by atoms with E-state index in [0.29, 0.717) is 34.6 Å². The number of rotatable bonds is 6. The fourth-order valence-electron chi connectivity index (χ4n) is 2.18. The third-order valence-corrected chi connectivity index (χ3v) is 3.43. The van der Waals surface area contributed by atoms with Crippen LogP contribution in [0.15, 0.2) is 42.5 Å². The molecule has 0 radical (unpaired) electrons. The first kappa shape index (κ1) is 15.7. The molecule has 0 spiro atoms. The Balaban J connectivity index is 1.72. The molecular weight excluding hydrogens is 308 g/mol. The van der Waals surface area contributed by atoms with Gasteiger partial charge in [-0.2, -0.15) is 5.10 Å². The lowest BCUT2D eigenvalue weighted by atomic mass is 10.2. The van der Waals surface area contributed by atoms with Gasteiger partial charge in [-0.25, -0.2) is 4.98 Å². The van der Waals surface area contributed by atoms with E-state index in [0.717, 1.165) is 5.56 Å². The van der Waals surface area contributed by atoms with Crippen LogP contribution < -0.4 is 19.9 Å². The Morgan fingerprint density at radius 2 is 1.75 bits per heavy atom. The molecule has 0 atom stereocenters. The van der Waals surface area contributed by atoms with Gasteiger partial charge in [-0.3, -0.25) is 5.10 Å². The number of aromatic nitrogens is 3. The number of aromatic amines is 1. The lowest BCUT2D eigenvalue weighted by molar-refractivity contribution is 0.296. The first-order valence-electron chi connectivity index (χ1n) is 7.31. The number of benzene rings is 2. The number of nitrogens with one attached hydrogen (secondary N) is 1. The van der Waals surface area contributed by atoms with Crippen molar-refractivity contribution < 1.29 is 14.2 Å². The highest BCUT2D eigenvalue weighted by Crippen LogP contribution is 2.30. The van der Waals surface area contributed by atoms with E-state index in [1.807, 2.05) is 18.2 Å². The predicted octanol–water partition coefficient (Wildman–Crippen LogP) is 2.65. The maximum atomic E-state index is 5.64. The van der Waals surface area contributed by atoms with Crippen LogP contribution in [0.1, 0.15) is 5.82 Å². The summed E-state index contributed by atoms with van der Waals surface area (Å²) in [5, 5.41) is 7.08. The van der Waals surface area contributed by atoms with Crippen molar-refractivity contribution in [1.29, 1.82) is 0 Å². The summed E-state index contributed by atoms with van der Waals surface area (Å²) >= 11 is 0. The highest BCUT2D eigenvalue weighted by Gasteiger charge is 2.10. The van der Waals surface area contributed by atoms with E-state index in [1.165, 1.54) is 0 Å². The van der Waals surface area contributed by atoms with Gasteiger partial charge >= 0.3 is 0 Å². The SMILES string of the molecule is COc1ccc(-c2n[nH]c(COc3ccc(N)cc3)n2)cc1OC. The summed E-state index contributed by atoms with van der Waals surface area (Å²) in [7, 11) is 3.18. The van der Waals surface area contributed by atoms with Gasteiger partial charge in [0.05, 0.1) is 14.2 Å². The van der Waals surface area contributed by atoms with E-state index >= 15 is 0 Å². The minimum Gasteiger partial charge on any atom is -0.493 e. The molecule has 2 aromatic carbocycles. The Bertz CT molecular complexity index is 815. The summed E-state index contributed by atoms with van der Waals surface area (Å²) in [6.45, 7) is 0.282. The van der Waals surface area contributed by atoms with Crippen LogP contribution in [0.3, 0.4) is 0 Å². The van der Waals surface area contributed by atoms with Crippen molar-refractivity contribution >= 4 is 5.69 Å². The van der Waals surface area contributed by atoms with Crippen molar-refractivity contribution in [2.45, 2.75) is 6.61 Å². The monoisotopic (exact) mass is 326 g/mol. The largest absolute Gasteiger partial charge is 0.493 e. The van der Waals surface area contributed by atoms with Crippen LogP contribution in [0.4, 0.5) is 5.69 Å². The molecule has 7 nitrogen and oxygen atoms in total. The summed E-state index contributed by atoms with van der Waals surface area (Å²) in [5.74, 6) is 3.18. The maximum Gasteiger partial charge on any atom is 0.181 e. The predicted molar refractivity (Wildman–Crippen MR) is 90.1 cm³/mol. The van der Waals surface area contributed by atoms with Gasteiger partial charge in [-0.1, -0.05) is 0 Å². The number of methoxy groups -OCH3 is 2. The van der Waals surface area contributed by atoms with Gasteiger partial charge in [0.25, 0.3) is 0 Å². The van der Waals surface area contributed by atoms with Crippen LogP contribution in [-0.2, 0) is 6.61 Å². The van der Waals surface area contributed by atoms with Crippen LogP contribution >= 0.6 is 0 Å². The second kappa shape index (κ2) is 6.91. The smallest absolute Gasteiger partial charge is 0.181 e. The first-order chi connectivity index (χ1) is 11.7. The van der Waals surface area contributed by atoms with E-state index in [-0.39, 0.29) is 6.61 Å². The highest BCUT2D eigenvalue weighted by molar-refractivity contribution is 5.60. The molecule has 3 N–H and O–H groups in total. The summed E-state index contributed by atoms with van der Waals surface area (Å²) in [6, 6.07) is 12.7. The van der Waals surface area contributed by atoms with Crippen LogP contribution in [0.2, 0.25) is 0 Å². The molecule has 0 aliphatic carbocycles. The quantitative estimate of drug-likeness (QED) is 0.676. The topological polar surface area (TPSA) is 95.3 Å². The van der Waals surface area contributed by atoms with Crippen molar-refractivity contribution in [2.24, 2.45) is 0 Å². The minimum absolute atomic E-state index is 0.282. The Morgan fingerprint density at radius 1 is 1.00 bits per heavy atom. The summed E-state index contributed by atoms with van der Waals surface area (Å²) in [4.78, 5) is 4.43. The first-order valence-corrected chi connectivity index (χ1v) is 7.31. The van der Waals surface area contributed by atoms with E-state index in [2.05, 4.69) is 15.2 Å². The van der Waals surface area contributed by atoms with Gasteiger partial charge in [-0.05, 0) is 42.5 Å². The third kappa shape index (κ3) is 3.40. The molecule has 0 bridgehead atoms.